The van der Waals surface area contributed by atoms with E-state index in [4.69, 9.17) is 4.84 Å². The first kappa shape index (κ1) is 25.9. The average molecular weight is 500 g/mol. The topological polar surface area (TPSA) is 79.0 Å². The van der Waals surface area contributed by atoms with Gasteiger partial charge in [-0.1, -0.05) is 57.2 Å². The molecule has 1 saturated heterocycles. The Kier molecular flexibility index (Phi) is 8.23. The van der Waals surface area contributed by atoms with Gasteiger partial charge < -0.3 is 15.1 Å². The van der Waals surface area contributed by atoms with Crippen LogP contribution in [0.5, 0.6) is 0 Å². The number of amides is 2. The Labute approximate surface area is 218 Å². The third-order valence-corrected chi connectivity index (χ3v) is 6.35. The molecule has 0 bridgehead atoms. The molecule has 192 valence electrons. The van der Waals surface area contributed by atoms with Crippen molar-refractivity contribution < 1.29 is 19.2 Å². The third-order valence-electron chi connectivity index (χ3n) is 6.35. The highest BCUT2D eigenvalue weighted by Gasteiger charge is 2.36. The maximum absolute atomic E-state index is 13.0. The minimum atomic E-state index is -0.441. The summed E-state index contributed by atoms with van der Waals surface area (Å²) in [6, 6.07) is 24.3. The predicted octanol–water partition coefficient (Wildman–Crippen LogP) is 6.20. The van der Waals surface area contributed by atoms with Crippen LogP contribution in [-0.4, -0.2) is 24.3 Å². The standard InChI is InChI=1S/C30H33N3O4/c1-4-10-29(35)37-33(24-11-6-5-7-12-24)25-17-15-23(16-18-25)31-30(36)22-19-28(34)32(20-22)27-14-9-8-13-26(27)21(2)3/h5-9,11-18,21-22H,4,10,19-20H2,1-3H3,(H,31,36). The zero-order chi connectivity index (χ0) is 26.4. The van der Waals surface area contributed by atoms with Crippen molar-refractivity contribution in [2.24, 2.45) is 5.92 Å². The minimum Gasteiger partial charge on any atom is -0.336 e. The quantitative estimate of drug-likeness (QED) is 0.355. The maximum atomic E-state index is 13.0. The van der Waals surface area contributed by atoms with E-state index in [2.05, 4.69) is 19.2 Å². The molecule has 2 amide bonds. The average Bonchev–Trinajstić information content (AvgIpc) is 3.30. The molecule has 7 nitrogen and oxygen atoms in total. The van der Waals surface area contributed by atoms with Gasteiger partial charge in [-0.25, -0.2) is 4.79 Å². The molecule has 1 aliphatic rings. The number of para-hydroxylation sites is 2. The van der Waals surface area contributed by atoms with Crippen LogP contribution >= 0.6 is 0 Å². The molecule has 0 saturated carbocycles. The summed E-state index contributed by atoms with van der Waals surface area (Å²) < 4.78 is 0. The molecule has 0 aliphatic carbocycles. The van der Waals surface area contributed by atoms with Crippen LogP contribution in [0.25, 0.3) is 0 Å². The Balaban J connectivity index is 1.45. The Morgan fingerprint density at radius 3 is 2.30 bits per heavy atom. The van der Waals surface area contributed by atoms with E-state index in [9.17, 15) is 14.4 Å². The van der Waals surface area contributed by atoms with E-state index in [1.165, 1.54) is 5.06 Å². The fourth-order valence-electron chi connectivity index (χ4n) is 4.43. The van der Waals surface area contributed by atoms with Crippen LogP contribution in [0.4, 0.5) is 22.7 Å². The zero-order valence-corrected chi connectivity index (χ0v) is 21.5. The molecule has 3 aromatic carbocycles. The second kappa shape index (κ2) is 11.7. The van der Waals surface area contributed by atoms with Gasteiger partial charge in [0.2, 0.25) is 11.8 Å². The molecule has 1 unspecified atom stereocenters. The Hall–Kier alpha value is -4.13. The molecule has 3 aromatic rings. The smallest absolute Gasteiger partial charge is 0.332 e. The lowest BCUT2D eigenvalue weighted by Gasteiger charge is -2.23. The van der Waals surface area contributed by atoms with E-state index in [1.54, 1.807) is 29.2 Å². The first-order valence-corrected chi connectivity index (χ1v) is 12.7. The van der Waals surface area contributed by atoms with Crippen LogP contribution < -0.4 is 15.3 Å². The van der Waals surface area contributed by atoms with E-state index in [-0.39, 0.29) is 30.1 Å². The molecule has 1 aliphatic heterocycles. The molecular formula is C30H33N3O4. The van der Waals surface area contributed by atoms with Gasteiger partial charge in [0.1, 0.15) is 0 Å². The van der Waals surface area contributed by atoms with Crippen molar-refractivity contribution in [2.75, 3.05) is 21.8 Å². The predicted molar refractivity (Wildman–Crippen MR) is 146 cm³/mol. The summed E-state index contributed by atoms with van der Waals surface area (Å²) in [6.45, 7) is 6.46. The molecular weight excluding hydrogens is 466 g/mol. The first-order chi connectivity index (χ1) is 17.9. The second-order valence-electron chi connectivity index (χ2n) is 9.50. The van der Waals surface area contributed by atoms with Crippen LogP contribution in [0.1, 0.15) is 51.5 Å². The van der Waals surface area contributed by atoms with E-state index >= 15 is 0 Å². The maximum Gasteiger partial charge on any atom is 0.332 e. The van der Waals surface area contributed by atoms with Crippen molar-refractivity contribution in [3.05, 3.63) is 84.4 Å². The highest BCUT2D eigenvalue weighted by atomic mass is 16.7. The SMILES string of the molecule is CCCC(=O)ON(c1ccccc1)c1ccc(NC(=O)C2CC(=O)N(c3ccccc3C(C)C)C2)cc1. The van der Waals surface area contributed by atoms with Gasteiger partial charge >= 0.3 is 5.97 Å². The summed E-state index contributed by atoms with van der Waals surface area (Å²) >= 11 is 0. The summed E-state index contributed by atoms with van der Waals surface area (Å²) in [7, 11) is 0. The van der Waals surface area contributed by atoms with E-state index in [0.717, 1.165) is 16.9 Å². The van der Waals surface area contributed by atoms with Gasteiger partial charge in [-0.15, -0.1) is 0 Å². The molecule has 0 aromatic heterocycles. The fraction of sp³-hybridized carbons (Fsp3) is 0.300. The lowest BCUT2D eigenvalue weighted by Crippen LogP contribution is -2.29. The molecule has 1 atom stereocenters. The van der Waals surface area contributed by atoms with E-state index in [1.807, 2.05) is 61.5 Å². The number of anilines is 4. The normalized spacial score (nSPS) is 15.1. The summed E-state index contributed by atoms with van der Waals surface area (Å²) in [4.78, 5) is 45.4. The van der Waals surface area contributed by atoms with Crippen molar-refractivity contribution in [1.29, 1.82) is 0 Å². The van der Waals surface area contributed by atoms with E-state index in [0.29, 0.717) is 30.8 Å². The number of carbonyl (C=O) groups is 3. The van der Waals surface area contributed by atoms with Crippen molar-refractivity contribution in [3.8, 4) is 0 Å². The summed E-state index contributed by atoms with van der Waals surface area (Å²) in [5, 5.41) is 4.43. The number of hydrogen-bond donors (Lipinski definition) is 1. The van der Waals surface area contributed by atoms with Crippen LogP contribution in [0.3, 0.4) is 0 Å². The molecule has 7 heteroatoms. The molecule has 4 rings (SSSR count). The number of nitrogens with one attached hydrogen (secondary N) is 1. The Morgan fingerprint density at radius 1 is 0.973 bits per heavy atom. The zero-order valence-electron chi connectivity index (χ0n) is 21.5. The van der Waals surface area contributed by atoms with Crippen LogP contribution in [0.2, 0.25) is 0 Å². The van der Waals surface area contributed by atoms with Crippen molar-refractivity contribution in [1.82, 2.24) is 0 Å². The third kappa shape index (κ3) is 6.17. The van der Waals surface area contributed by atoms with Crippen LogP contribution in [-0.2, 0) is 19.2 Å². The number of hydrogen-bond acceptors (Lipinski definition) is 5. The summed E-state index contributed by atoms with van der Waals surface area (Å²) in [5.41, 5.74) is 3.95. The molecule has 0 radical (unpaired) electrons. The van der Waals surface area contributed by atoms with Gasteiger partial charge in [-0.05, 0) is 60.4 Å². The number of nitrogens with zero attached hydrogens (tertiary/aromatic N) is 2. The van der Waals surface area contributed by atoms with Gasteiger partial charge in [0, 0.05) is 30.8 Å². The highest BCUT2D eigenvalue weighted by molar-refractivity contribution is 6.04. The molecule has 0 spiro atoms. The van der Waals surface area contributed by atoms with Gasteiger partial charge in [0.15, 0.2) is 0 Å². The van der Waals surface area contributed by atoms with Gasteiger partial charge in [0.05, 0.1) is 17.3 Å². The fourth-order valence-corrected chi connectivity index (χ4v) is 4.43. The number of carbonyl (C=O) groups excluding carboxylic acids is 3. The van der Waals surface area contributed by atoms with Crippen molar-refractivity contribution in [3.63, 3.8) is 0 Å². The largest absolute Gasteiger partial charge is 0.336 e. The second-order valence-corrected chi connectivity index (χ2v) is 9.50. The highest BCUT2D eigenvalue weighted by Crippen LogP contribution is 2.33. The molecule has 1 fully saturated rings. The Morgan fingerprint density at radius 2 is 1.62 bits per heavy atom. The first-order valence-electron chi connectivity index (χ1n) is 12.7. The minimum absolute atomic E-state index is 0.0454. The van der Waals surface area contributed by atoms with Crippen molar-refractivity contribution in [2.45, 2.75) is 46.0 Å². The number of benzene rings is 3. The summed E-state index contributed by atoms with van der Waals surface area (Å²) in [5.74, 6) is -0.732. The summed E-state index contributed by atoms with van der Waals surface area (Å²) in [6.07, 6.45) is 1.18. The molecule has 37 heavy (non-hydrogen) atoms. The van der Waals surface area contributed by atoms with Crippen LogP contribution in [0.15, 0.2) is 78.9 Å². The molecule has 1 N–H and O–H groups in total. The van der Waals surface area contributed by atoms with Gasteiger partial charge in [-0.3, -0.25) is 9.59 Å². The lowest BCUT2D eigenvalue weighted by atomic mass is 10.0. The monoisotopic (exact) mass is 499 g/mol. The van der Waals surface area contributed by atoms with Crippen LogP contribution in [0, 0.1) is 5.92 Å². The van der Waals surface area contributed by atoms with Crippen molar-refractivity contribution >= 4 is 40.5 Å². The van der Waals surface area contributed by atoms with Gasteiger partial charge in [-0.2, -0.15) is 5.06 Å². The molecule has 1 heterocycles. The van der Waals surface area contributed by atoms with Gasteiger partial charge in [0.25, 0.3) is 0 Å². The lowest BCUT2D eigenvalue weighted by molar-refractivity contribution is -0.143. The van der Waals surface area contributed by atoms with E-state index < -0.39 is 5.92 Å². The Bertz CT molecular complexity index is 1240. The number of rotatable bonds is 9.